The van der Waals surface area contributed by atoms with Gasteiger partial charge in [-0.15, -0.1) is 0 Å². The van der Waals surface area contributed by atoms with Crippen molar-refractivity contribution in [2.45, 2.75) is 13.8 Å². The van der Waals surface area contributed by atoms with Crippen LogP contribution >= 0.6 is 0 Å². The summed E-state index contributed by atoms with van der Waals surface area (Å²) < 4.78 is 25.4. The number of aromatic nitrogens is 1. The second-order valence-corrected chi connectivity index (χ2v) is 3.12. The Labute approximate surface area is 76.1 Å². The van der Waals surface area contributed by atoms with Crippen LogP contribution in [0.15, 0.2) is 18.3 Å². The molecule has 0 saturated carbocycles. The van der Waals surface area contributed by atoms with Crippen molar-refractivity contribution in [2.24, 2.45) is 5.92 Å². The highest BCUT2D eigenvalue weighted by atomic mass is 19.1. The van der Waals surface area contributed by atoms with Crippen LogP contribution in [0.5, 0.6) is 0 Å². The quantitative estimate of drug-likeness (QED) is 0.686. The summed E-state index contributed by atoms with van der Waals surface area (Å²) in [4.78, 5) is 3.61. The molecular formula is C10H11F2N. The van der Waals surface area contributed by atoms with Crippen LogP contribution in [-0.2, 0) is 0 Å². The molecular weight excluding hydrogens is 172 g/mol. The zero-order valence-electron chi connectivity index (χ0n) is 7.59. The van der Waals surface area contributed by atoms with Gasteiger partial charge in [-0.1, -0.05) is 19.9 Å². The lowest BCUT2D eigenvalue weighted by Crippen LogP contribution is -1.90. The average molecular weight is 183 g/mol. The average Bonchev–Trinajstić information content (AvgIpc) is 2.02. The van der Waals surface area contributed by atoms with Gasteiger partial charge in [0.1, 0.15) is 5.82 Å². The molecule has 0 atom stereocenters. The van der Waals surface area contributed by atoms with Crippen molar-refractivity contribution in [3.63, 3.8) is 0 Å². The van der Waals surface area contributed by atoms with Crippen LogP contribution in [0.3, 0.4) is 0 Å². The van der Waals surface area contributed by atoms with Crippen molar-refractivity contribution in [1.29, 1.82) is 0 Å². The van der Waals surface area contributed by atoms with Gasteiger partial charge in [-0.2, -0.15) is 0 Å². The molecule has 1 nitrogen and oxygen atoms in total. The van der Waals surface area contributed by atoms with Gasteiger partial charge >= 0.3 is 0 Å². The largest absolute Gasteiger partial charge is 0.251 e. The molecule has 0 radical (unpaired) electrons. The summed E-state index contributed by atoms with van der Waals surface area (Å²) in [7, 11) is 0. The number of nitrogens with zero attached hydrogens (tertiary/aromatic N) is 1. The van der Waals surface area contributed by atoms with Crippen LogP contribution in [0.25, 0.3) is 6.08 Å². The van der Waals surface area contributed by atoms with Gasteiger partial charge in [-0.05, 0) is 12.0 Å². The van der Waals surface area contributed by atoms with Crippen LogP contribution in [0, 0.1) is 17.6 Å². The Hall–Kier alpha value is -1.25. The lowest BCUT2D eigenvalue weighted by atomic mass is 10.2. The van der Waals surface area contributed by atoms with Gasteiger partial charge in [-0.3, -0.25) is 4.98 Å². The summed E-state index contributed by atoms with van der Waals surface area (Å²) in [6.07, 6.45) is 4.37. The first-order chi connectivity index (χ1) is 6.09. The fraction of sp³-hybridized carbons (Fsp3) is 0.300. The second-order valence-electron chi connectivity index (χ2n) is 3.12. The van der Waals surface area contributed by atoms with E-state index in [1.807, 2.05) is 19.9 Å². The first-order valence-electron chi connectivity index (χ1n) is 4.09. The smallest absolute Gasteiger partial charge is 0.151 e. The first kappa shape index (κ1) is 9.84. The van der Waals surface area contributed by atoms with Crippen molar-refractivity contribution in [3.05, 3.63) is 35.7 Å². The van der Waals surface area contributed by atoms with Crippen LogP contribution in [0.2, 0.25) is 0 Å². The highest BCUT2D eigenvalue weighted by molar-refractivity contribution is 5.45. The molecule has 0 aliphatic rings. The van der Waals surface area contributed by atoms with Gasteiger partial charge < -0.3 is 0 Å². The fourth-order valence-corrected chi connectivity index (χ4v) is 0.831. The maximum atomic E-state index is 12.9. The minimum atomic E-state index is -0.654. The van der Waals surface area contributed by atoms with E-state index in [2.05, 4.69) is 4.98 Å². The van der Waals surface area contributed by atoms with Gasteiger partial charge in [-0.25, -0.2) is 8.78 Å². The molecule has 0 aromatic carbocycles. The van der Waals surface area contributed by atoms with Crippen LogP contribution in [0.4, 0.5) is 8.78 Å². The Morgan fingerprint density at radius 3 is 2.62 bits per heavy atom. The van der Waals surface area contributed by atoms with E-state index in [1.165, 1.54) is 0 Å². The summed E-state index contributed by atoms with van der Waals surface area (Å²) in [5.74, 6) is -0.956. The van der Waals surface area contributed by atoms with Gasteiger partial charge in [0.2, 0.25) is 0 Å². The highest BCUT2D eigenvalue weighted by Gasteiger charge is 2.01. The fourth-order valence-electron chi connectivity index (χ4n) is 0.831. The number of allylic oxidation sites excluding steroid dienone is 1. The Balaban J connectivity index is 2.90. The number of halogens is 2. The molecule has 3 heteroatoms. The predicted molar refractivity (Wildman–Crippen MR) is 48.0 cm³/mol. The van der Waals surface area contributed by atoms with Crippen LogP contribution in [0.1, 0.15) is 19.5 Å². The molecule has 70 valence electrons. The molecule has 0 saturated heterocycles. The van der Waals surface area contributed by atoms with E-state index in [4.69, 9.17) is 0 Å². The predicted octanol–water partition coefficient (Wildman–Crippen LogP) is 3.03. The molecule has 13 heavy (non-hydrogen) atoms. The van der Waals surface area contributed by atoms with Crippen molar-refractivity contribution in [3.8, 4) is 0 Å². The normalized spacial score (nSPS) is 11.5. The highest BCUT2D eigenvalue weighted by Crippen LogP contribution is 2.08. The molecule has 0 aliphatic heterocycles. The summed E-state index contributed by atoms with van der Waals surface area (Å²) in [6.45, 7) is 3.94. The Morgan fingerprint density at radius 1 is 1.38 bits per heavy atom. The SMILES string of the molecule is CC(C)/C=C/c1ncc(F)cc1F. The molecule has 1 rings (SSSR count). The molecule has 1 aromatic heterocycles. The van der Waals surface area contributed by atoms with Crippen LogP contribution < -0.4 is 0 Å². The maximum Gasteiger partial charge on any atom is 0.151 e. The first-order valence-corrected chi connectivity index (χ1v) is 4.09. The standard InChI is InChI=1S/C10H11F2N/c1-7(2)3-4-10-9(12)5-8(11)6-13-10/h3-7H,1-2H3/b4-3+. The number of rotatable bonds is 2. The minimum Gasteiger partial charge on any atom is -0.251 e. The lowest BCUT2D eigenvalue weighted by Gasteiger charge is -1.97. The van der Waals surface area contributed by atoms with Crippen molar-refractivity contribution in [1.82, 2.24) is 4.98 Å². The van der Waals surface area contributed by atoms with Gasteiger partial charge in [0, 0.05) is 6.07 Å². The molecule has 0 amide bonds. The summed E-state index contributed by atoms with van der Waals surface area (Å²) >= 11 is 0. The molecule has 0 fully saturated rings. The maximum absolute atomic E-state index is 12.9. The Kier molecular flexibility index (Phi) is 3.12. The monoisotopic (exact) mass is 183 g/mol. The number of pyridine rings is 1. The van der Waals surface area contributed by atoms with E-state index < -0.39 is 11.6 Å². The summed E-state index contributed by atoms with van der Waals surface area (Å²) in [6, 6.07) is 0.826. The van der Waals surface area contributed by atoms with E-state index in [9.17, 15) is 8.78 Å². The number of hydrogen-bond donors (Lipinski definition) is 0. The zero-order valence-corrected chi connectivity index (χ0v) is 7.59. The Bertz CT molecular complexity index is 319. The van der Waals surface area contributed by atoms with Crippen molar-refractivity contribution >= 4 is 6.08 Å². The van der Waals surface area contributed by atoms with E-state index in [0.29, 0.717) is 5.92 Å². The summed E-state index contributed by atoms with van der Waals surface area (Å²) in [5, 5.41) is 0. The van der Waals surface area contributed by atoms with Crippen molar-refractivity contribution < 1.29 is 8.78 Å². The molecule has 0 aliphatic carbocycles. The van der Waals surface area contributed by atoms with E-state index >= 15 is 0 Å². The van der Waals surface area contributed by atoms with Gasteiger partial charge in [0.15, 0.2) is 5.82 Å². The zero-order chi connectivity index (χ0) is 9.84. The minimum absolute atomic E-state index is 0.176. The third-order valence-corrected chi connectivity index (χ3v) is 1.48. The third kappa shape index (κ3) is 2.93. The molecule has 0 unspecified atom stereocenters. The molecule has 0 N–H and O–H groups in total. The van der Waals surface area contributed by atoms with Gasteiger partial charge in [0.25, 0.3) is 0 Å². The van der Waals surface area contributed by atoms with E-state index in [0.717, 1.165) is 12.3 Å². The molecule has 1 heterocycles. The Morgan fingerprint density at radius 2 is 2.08 bits per heavy atom. The van der Waals surface area contributed by atoms with E-state index in [-0.39, 0.29) is 5.69 Å². The van der Waals surface area contributed by atoms with Crippen LogP contribution in [-0.4, -0.2) is 4.98 Å². The molecule has 0 spiro atoms. The molecule has 0 bridgehead atoms. The van der Waals surface area contributed by atoms with E-state index in [1.54, 1.807) is 6.08 Å². The van der Waals surface area contributed by atoms with Crippen molar-refractivity contribution in [2.75, 3.05) is 0 Å². The second kappa shape index (κ2) is 4.12. The lowest BCUT2D eigenvalue weighted by molar-refractivity contribution is 0.570. The summed E-state index contributed by atoms with van der Waals surface area (Å²) in [5.41, 5.74) is 0.176. The third-order valence-electron chi connectivity index (χ3n) is 1.48. The molecule has 1 aromatic rings. The topological polar surface area (TPSA) is 12.9 Å². The van der Waals surface area contributed by atoms with Gasteiger partial charge in [0.05, 0.1) is 11.9 Å². The number of hydrogen-bond acceptors (Lipinski definition) is 1.